The number of nitrogens with zero attached hydrogens (tertiary/aromatic N) is 1. The molecule has 0 aliphatic heterocycles. The van der Waals surface area contributed by atoms with Crippen LogP contribution in [0.4, 0.5) is 5.69 Å². The molecule has 0 heterocycles. The first-order valence-electron chi connectivity index (χ1n) is 6.30. The van der Waals surface area contributed by atoms with Gasteiger partial charge in [-0.2, -0.15) is 0 Å². The maximum atomic E-state index is 6.61. The lowest BCUT2D eigenvalue weighted by Gasteiger charge is -2.37. The quantitative estimate of drug-likeness (QED) is 0.873. The van der Waals surface area contributed by atoms with Gasteiger partial charge >= 0.3 is 0 Å². The van der Waals surface area contributed by atoms with Crippen LogP contribution in [0.25, 0.3) is 0 Å². The van der Waals surface area contributed by atoms with Crippen molar-refractivity contribution in [1.82, 2.24) is 0 Å². The van der Waals surface area contributed by atoms with E-state index < -0.39 is 0 Å². The van der Waals surface area contributed by atoms with E-state index in [0.29, 0.717) is 0 Å². The molecular weight excluding hydrogens is 232 g/mol. The molecule has 0 atom stereocenters. The van der Waals surface area contributed by atoms with Crippen LogP contribution in [-0.2, 0) is 5.54 Å². The Balaban J connectivity index is 2.48. The summed E-state index contributed by atoms with van der Waals surface area (Å²) in [5.41, 5.74) is 8.65. The van der Waals surface area contributed by atoms with Crippen LogP contribution in [0.2, 0.25) is 5.02 Å². The van der Waals surface area contributed by atoms with Crippen LogP contribution in [0.5, 0.6) is 0 Å². The van der Waals surface area contributed by atoms with Crippen molar-refractivity contribution in [2.75, 3.05) is 19.0 Å². The van der Waals surface area contributed by atoms with Crippen molar-refractivity contribution in [2.45, 2.75) is 37.6 Å². The molecule has 0 saturated heterocycles. The van der Waals surface area contributed by atoms with Gasteiger partial charge in [0.1, 0.15) is 0 Å². The Kier molecular flexibility index (Phi) is 3.64. The predicted molar refractivity (Wildman–Crippen MR) is 74.7 cm³/mol. The number of hydrogen-bond acceptors (Lipinski definition) is 2. The first-order chi connectivity index (χ1) is 8.04. The van der Waals surface area contributed by atoms with Gasteiger partial charge in [0.05, 0.1) is 0 Å². The van der Waals surface area contributed by atoms with Gasteiger partial charge in [0.25, 0.3) is 0 Å². The summed E-state index contributed by atoms with van der Waals surface area (Å²) >= 11 is 6.39. The molecule has 2 rings (SSSR count). The fourth-order valence-electron chi connectivity index (χ4n) is 2.81. The lowest BCUT2D eigenvalue weighted by Crippen LogP contribution is -2.40. The maximum absolute atomic E-state index is 6.61. The second-order valence-electron chi connectivity index (χ2n) is 5.25. The van der Waals surface area contributed by atoms with E-state index in [1.54, 1.807) is 0 Å². The number of hydrogen-bond donors (Lipinski definition) is 1. The average Bonchev–Trinajstić information content (AvgIpc) is 2.29. The Morgan fingerprint density at radius 1 is 1.18 bits per heavy atom. The molecule has 1 fully saturated rings. The largest absolute Gasteiger partial charge is 0.377 e. The van der Waals surface area contributed by atoms with Gasteiger partial charge in [0.15, 0.2) is 0 Å². The van der Waals surface area contributed by atoms with E-state index in [2.05, 4.69) is 11.0 Å². The van der Waals surface area contributed by atoms with Crippen LogP contribution in [0.3, 0.4) is 0 Å². The Labute approximate surface area is 109 Å². The molecule has 17 heavy (non-hydrogen) atoms. The third-order valence-electron chi connectivity index (χ3n) is 3.72. The van der Waals surface area contributed by atoms with Crippen molar-refractivity contribution >= 4 is 17.3 Å². The van der Waals surface area contributed by atoms with Gasteiger partial charge in [0, 0.05) is 35.9 Å². The van der Waals surface area contributed by atoms with Crippen molar-refractivity contribution in [3.63, 3.8) is 0 Å². The number of halogens is 1. The van der Waals surface area contributed by atoms with Crippen LogP contribution in [0.1, 0.15) is 37.7 Å². The minimum absolute atomic E-state index is 0.240. The monoisotopic (exact) mass is 252 g/mol. The van der Waals surface area contributed by atoms with Gasteiger partial charge in [0.2, 0.25) is 0 Å². The Morgan fingerprint density at radius 3 is 2.41 bits per heavy atom. The van der Waals surface area contributed by atoms with E-state index in [4.69, 9.17) is 17.3 Å². The van der Waals surface area contributed by atoms with Gasteiger partial charge < -0.3 is 10.6 Å². The fraction of sp³-hybridized carbons (Fsp3) is 0.571. The zero-order chi connectivity index (χ0) is 12.5. The highest BCUT2D eigenvalue weighted by molar-refractivity contribution is 6.31. The lowest BCUT2D eigenvalue weighted by molar-refractivity contribution is 0.303. The number of nitrogens with two attached hydrogens (primary N) is 1. The van der Waals surface area contributed by atoms with Crippen LogP contribution in [-0.4, -0.2) is 14.1 Å². The van der Waals surface area contributed by atoms with Gasteiger partial charge in [-0.3, -0.25) is 0 Å². The molecule has 0 aromatic heterocycles. The minimum atomic E-state index is -0.240. The summed E-state index contributed by atoms with van der Waals surface area (Å²) < 4.78 is 0. The van der Waals surface area contributed by atoms with Gasteiger partial charge in [-0.1, -0.05) is 36.9 Å². The molecule has 1 aromatic carbocycles. The molecule has 2 nitrogen and oxygen atoms in total. The average molecular weight is 253 g/mol. The second-order valence-corrected chi connectivity index (χ2v) is 5.65. The van der Waals surface area contributed by atoms with Crippen molar-refractivity contribution in [3.8, 4) is 0 Å². The summed E-state index contributed by atoms with van der Waals surface area (Å²) in [6, 6.07) is 6.05. The van der Waals surface area contributed by atoms with Crippen LogP contribution in [0.15, 0.2) is 18.2 Å². The Hall–Kier alpha value is -0.730. The third-order valence-corrected chi connectivity index (χ3v) is 4.03. The third kappa shape index (κ3) is 2.43. The predicted octanol–water partition coefficient (Wildman–Crippen LogP) is 3.52. The molecule has 0 bridgehead atoms. The van der Waals surface area contributed by atoms with Crippen LogP contribution >= 0.6 is 11.6 Å². The molecule has 94 valence electrons. The topological polar surface area (TPSA) is 29.3 Å². The molecule has 1 saturated carbocycles. The summed E-state index contributed by atoms with van der Waals surface area (Å²) in [6.45, 7) is 0. The molecule has 1 aromatic rings. The van der Waals surface area contributed by atoms with Crippen molar-refractivity contribution < 1.29 is 0 Å². The molecule has 0 radical (unpaired) electrons. The fourth-order valence-corrected chi connectivity index (χ4v) is 3.17. The van der Waals surface area contributed by atoms with E-state index in [0.717, 1.165) is 29.1 Å². The zero-order valence-corrected chi connectivity index (χ0v) is 11.4. The molecule has 0 spiro atoms. The van der Waals surface area contributed by atoms with E-state index in [1.807, 2.05) is 26.2 Å². The van der Waals surface area contributed by atoms with Crippen LogP contribution < -0.4 is 10.6 Å². The smallest absolute Gasteiger partial charge is 0.0477 e. The van der Waals surface area contributed by atoms with E-state index in [9.17, 15) is 0 Å². The summed E-state index contributed by atoms with van der Waals surface area (Å²) in [5.74, 6) is 0. The van der Waals surface area contributed by atoms with Gasteiger partial charge in [-0.05, 0) is 25.0 Å². The Morgan fingerprint density at radius 2 is 1.82 bits per heavy atom. The van der Waals surface area contributed by atoms with E-state index in [1.165, 1.54) is 19.3 Å². The standard InChI is InChI=1S/C14H21ClN2/c1-17(2)12-8-6-7-11(15)13(12)14(16)9-4-3-5-10-14/h6-8H,3-5,9-10,16H2,1-2H3. The SMILES string of the molecule is CN(C)c1cccc(Cl)c1C1(N)CCCCC1. The highest BCUT2D eigenvalue weighted by Gasteiger charge is 2.33. The minimum Gasteiger partial charge on any atom is -0.377 e. The number of rotatable bonds is 2. The van der Waals surface area contributed by atoms with Gasteiger partial charge in [-0.25, -0.2) is 0 Å². The zero-order valence-electron chi connectivity index (χ0n) is 10.7. The highest BCUT2D eigenvalue weighted by atomic mass is 35.5. The van der Waals surface area contributed by atoms with Crippen molar-refractivity contribution in [3.05, 3.63) is 28.8 Å². The molecule has 1 aliphatic carbocycles. The first-order valence-corrected chi connectivity index (χ1v) is 6.67. The molecule has 2 N–H and O–H groups in total. The number of benzene rings is 1. The highest BCUT2D eigenvalue weighted by Crippen LogP contribution is 2.42. The van der Waals surface area contributed by atoms with E-state index >= 15 is 0 Å². The second kappa shape index (κ2) is 4.87. The maximum Gasteiger partial charge on any atom is 0.0477 e. The van der Waals surface area contributed by atoms with Gasteiger partial charge in [-0.15, -0.1) is 0 Å². The molecule has 1 aliphatic rings. The van der Waals surface area contributed by atoms with E-state index in [-0.39, 0.29) is 5.54 Å². The normalized spacial score (nSPS) is 19.1. The molecular formula is C14H21ClN2. The first kappa shape index (κ1) is 12.7. The summed E-state index contributed by atoms with van der Waals surface area (Å²) in [7, 11) is 4.09. The number of anilines is 1. The van der Waals surface area contributed by atoms with Crippen molar-refractivity contribution in [2.24, 2.45) is 5.73 Å². The molecule has 0 unspecified atom stereocenters. The van der Waals surface area contributed by atoms with Crippen LogP contribution in [0, 0.1) is 0 Å². The molecule has 0 amide bonds. The lowest BCUT2D eigenvalue weighted by atomic mass is 9.76. The van der Waals surface area contributed by atoms with Crippen molar-refractivity contribution in [1.29, 1.82) is 0 Å². The summed E-state index contributed by atoms with van der Waals surface area (Å²) in [6.07, 6.45) is 5.78. The Bertz CT molecular complexity index is 395. The summed E-state index contributed by atoms with van der Waals surface area (Å²) in [5, 5.41) is 0.806. The molecule has 3 heteroatoms. The summed E-state index contributed by atoms with van der Waals surface area (Å²) in [4.78, 5) is 2.10.